The first-order valence-electron chi connectivity index (χ1n) is 7.84. The maximum atomic E-state index is 5.56. The van der Waals surface area contributed by atoms with Crippen LogP contribution >= 0.6 is 0 Å². The molecule has 0 N–H and O–H groups in total. The molecule has 2 heterocycles. The van der Waals surface area contributed by atoms with Crippen molar-refractivity contribution in [3.05, 3.63) is 89.9 Å². The van der Waals surface area contributed by atoms with Crippen LogP contribution in [0.15, 0.2) is 82.5 Å². The van der Waals surface area contributed by atoms with Crippen molar-refractivity contribution in [2.75, 3.05) is 5.01 Å². The molecule has 3 nitrogen and oxygen atoms in total. The molecule has 1 aliphatic rings. The molecule has 2 aromatic carbocycles. The van der Waals surface area contributed by atoms with E-state index in [2.05, 4.69) is 60.5 Å². The zero-order chi connectivity index (χ0) is 15.6. The van der Waals surface area contributed by atoms with Crippen LogP contribution < -0.4 is 5.01 Å². The third-order valence-electron chi connectivity index (χ3n) is 4.26. The molecule has 0 saturated carbocycles. The van der Waals surface area contributed by atoms with E-state index in [1.807, 2.05) is 18.2 Å². The quantitative estimate of drug-likeness (QED) is 0.685. The maximum Gasteiger partial charge on any atom is 0.149 e. The highest BCUT2D eigenvalue weighted by Crippen LogP contribution is 2.37. The average molecular weight is 302 g/mol. The average Bonchev–Trinajstić information content (AvgIpc) is 3.26. The molecule has 114 valence electrons. The minimum atomic E-state index is 0.192. The highest BCUT2D eigenvalue weighted by Gasteiger charge is 2.31. The van der Waals surface area contributed by atoms with Gasteiger partial charge in [0.05, 0.1) is 18.0 Å². The van der Waals surface area contributed by atoms with Crippen molar-refractivity contribution in [3.63, 3.8) is 0 Å². The van der Waals surface area contributed by atoms with E-state index in [1.165, 1.54) is 11.1 Å². The van der Waals surface area contributed by atoms with Gasteiger partial charge in [-0.15, -0.1) is 0 Å². The SMILES string of the molecule is Cc1ccccc1N1N=C(c2ccco2)CC1c1ccccc1. The number of furan rings is 1. The zero-order valence-electron chi connectivity index (χ0n) is 13.0. The molecule has 3 heteroatoms. The van der Waals surface area contributed by atoms with Crippen LogP contribution in [0.4, 0.5) is 5.69 Å². The standard InChI is InChI=1S/C20H18N2O/c1-15-8-5-6-11-18(15)22-19(16-9-3-2-4-10-16)14-17(21-22)20-12-7-13-23-20/h2-13,19H,14H2,1H3. The Kier molecular flexibility index (Phi) is 3.46. The van der Waals surface area contributed by atoms with E-state index in [4.69, 9.17) is 9.52 Å². The first-order valence-corrected chi connectivity index (χ1v) is 7.84. The van der Waals surface area contributed by atoms with E-state index >= 15 is 0 Å². The number of hydrogen-bond acceptors (Lipinski definition) is 3. The van der Waals surface area contributed by atoms with E-state index in [0.717, 1.165) is 23.6 Å². The Morgan fingerprint density at radius 1 is 0.957 bits per heavy atom. The topological polar surface area (TPSA) is 28.7 Å². The molecule has 1 atom stereocenters. The Balaban J connectivity index is 1.79. The maximum absolute atomic E-state index is 5.56. The Morgan fingerprint density at radius 2 is 1.74 bits per heavy atom. The third-order valence-corrected chi connectivity index (χ3v) is 4.26. The van der Waals surface area contributed by atoms with Crippen LogP contribution in [-0.2, 0) is 0 Å². The van der Waals surface area contributed by atoms with Gasteiger partial charge in [0.25, 0.3) is 0 Å². The summed E-state index contributed by atoms with van der Waals surface area (Å²) in [6, 6.07) is 23.0. The van der Waals surface area contributed by atoms with Gasteiger partial charge in [-0.1, -0.05) is 48.5 Å². The molecule has 0 saturated heterocycles. The fourth-order valence-electron chi connectivity index (χ4n) is 3.08. The predicted molar refractivity (Wildman–Crippen MR) is 92.7 cm³/mol. The minimum Gasteiger partial charge on any atom is -0.463 e. The van der Waals surface area contributed by atoms with E-state index in [1.54, 1.807) is 6.26 Å². The molecule has 0 aliphatic carbocycles. The lowest BCUT2D eigenvalue weighted by Crippen LogP contribution is -2.19. The molecule has 1 unspecified atom stereocenters. The molecule has 23 heavy (non-hydrogen) atoms. The van der Waals surface area contributed by atoms with Crippen molar-refractivity contribution < 1.29 is 4.42 Å². The van der Waals surface area contributed by atoms with Crippen molar-refractivity contribution in [2.45, 2.75) is 19.4 Å². The zero-order valence-corrected chi connectivity index (χ0v) is 13.0. The van der Waals surface area contributed by atoms with Crippen LogP contribution in [0.3, 0.4) is 0 Å². The Morgan fingerprint density at radius 3 is 2.48 bits per heavy atom. The van der Waals surface area contributed by atoms with Crippen LogP contribution in [-0.4, -0.2) is 5.71 Å². The predicted octanol–water partition coefficient (Wildman–Crippen LogP) is 4.94. The summed E-state index contributed by atoms with van der Waals surface area (Å²) in [4.78, 5) is 0. The van der Waals surface area contributed by atoms with Gasteiger partial charge >= 0.3 is 0 Å². The molecule has 0 amide bonds. The molecule has 4 rings (SSSR count). The van der Waals surface area contributed by atoms with E-state index in [-0.39, 0.29) is 6.04 Å². The molecule has 0 radical (unpaired) electrons. The number of aryl methyl sites for hydroxylation is 1. The van der Waals surface area contributed by atoms with Crippen molar-refractivity contribution >= 4 is 11.4 Å². The Hall–Kier alpha value is -2.81. The fourth-order valence-corrected chi connectivity index (χ4v) is 3.08. The first kappa shape index (κ1) is 13.8. The number of benzene rings is 2. The number of anilines is 1. The smallest absolute Gasteiger partial charge is 0.149 e. The van der Waals surface area contributed by atoms with Crippen LogP contribution in [0.25, 0.3) is 0 Å². The van der Waals surface area contributed by atoms with Gasteiger partial charge in [-0.3, -0.25) is 5.01 Å². The van der Waals surface area contributed by atoms with Crippen molar-refractivity contribution in [1.82, 2.24) is 0 Å². The molecular formula is C20H18N2O. The fraction of sp³-hybridized carbons (Fsp3) is 0.150. The van der Waals surface area contributed by atoms with Crippen LogP contribution in [0.5, 0.6) is 0 Å². The summed E-state index contributed by atoms with van der Waals surface area (Å²) >= 11 is 0. The second-order valence-corrected chi connectivity index (χ2v) is 5.79. The largest absolute Gasteiger partial charge is 0.463 e. The van der Waals surface area contributed by atoms with E-state index in [9.17, 15) is 0 Å². The molecule has 0 bridgehead atoms. The first-order chi connectivity index (χ1) is 11.3. The van der Waals surface area contributed by atoms with Crippen LogP contribution in [0.2, 0.25) is 0 Å². The van der Waals surface area contributed by atoms with Gasteiger partial charge in [0.2, 0.25) is 0 Å². The summed E-state index contributed by atoms with van der Waals surface area (Å²) in [5, 5.41) is 7.00. The summed E-state index contributed by atoms with van der Waals surface area (Å²) in [7, 11) is 0. The van der Waals surface area contributed by atoms with Crippen molar-refractivity contribution in [2.24, 2.45) is 5.10 Å². The molecule has 1 aromatic heterocycles. The van der Waals surface area contributed by atoms with Gasteiger partial charge in [-0.05, 0) is 36.2 Å². The van der Waals surface area contributed by atoms with Gasteiger partial charge in [0, 0.05) is 6.42 Å². The van der Waals surface area contributed by atoms with Crippen molar-refractivity contribution in [1.29, 1.82) is 0 Å². The number of rotatable bonds is 3. The van der Waals surface area contributed by atoms with Crippen LogP contribution in [0, 0.1) is 6.92 Å². The molecule has 1 aliphatic heterocycles. The van der Waals surface area contributed by atoms with Crippen molar-refractivity contribution in [3.8, 4) is 0 Å². The molecular weight excluding hydrogens is 284 g/mol. The number of nitrogens with zero attached hydrogens (tertiary/aromatic N) is 2. The van der Waals surface area contributed by atoms with Crippen LogP contribution in [0.1, 0.15) is 29.3 Å². The second kappa shape index (κ2) is 5.76. The molecule has 0 fully saturated rings. The van der Waals surface area contributed by atoms with E-state index < -0.39 is 0 Å². The lowest BCUT2D eigenvalue weighted by Gasteiger charge is -2.25. The summed E-state index contributed by atoms with van der Waals surface area (Å²) in [5.41, 5.74) is 4.62. The van der Waals surface area contributed by atoms with E-state index in [0.29, 0.717) is 0 Å². The number of para-hydroxylation sites is 1. The van der Waals surface area contributed by atoms with Gasteiger partial charge < -0.3 is 4.42 Å². The monoisotopic (exact) mass is 302 g/mol. The Labute approximate surface area is 135 Å². The normalized spacial score (nSPS) is 17.3. The third kappa shape index (κ3) is 2.55. The van der Waals surface area contributed by atoms with Gasteiger partial charge in [0.15, 0.2) is 0 Å². The summed E-state index contributed by atoms with van der Waals surface area (Å²) in [6.07, 6.45) is 2.54. The second-order valence-electron chi connectivity index (χ2n) is 5.79. The lowest BCUT2D eigenvalue weighted by atomic mass is 10.00. The summed E-state index contributed by atoms with van der Waals surface area (Å²) < 4.78 is 5.56. The summed E-state index contributed by atoms with van der Waals surface area (Å²) in [5.74, 6) is 0.849. The number of hydrogen-bond donors (Lipinski definition) is 0. The highest BCUT2D eigenvalue weighted by atomic mass is 16.3. The Bertz CT molecular complexity index is 822. The van der Waals surface area contributed by atoms with Gasteiger partial charge in [-0.2, -0.15) is 5.10 Å². The molecule has 0 spiro atoms. The minimum absolute atomic E-state index is 0.192. The highest BCUT2D eigenvalue weighted by molar-refractivity contribution is 6.01. The van der Waals surface area contributed by atoms with Gasteiger partial charge in [0.1, 0.15) is 11.5 Å². The number of hydrazone groups is 1. The summed E-state index contributed by atoms with van der Waals surface area (Å²) in [6.45, 7) is 2.12. The van der Waals surface area contributed by atoms with Gasteiger partial charge in [-0.25, -0.2) is 0 Å². The molecule has 3 aromatic rings. The lowest BCUT2D eigenvalue weighted by molar-refractivity contribution is 0.556.